The number of hydrogen-bond acceptors (Lipinski definition) is 4. The molecule has 0 radical (unpaired) electrons. The van der Waals surface area contributed by atoms with Crippen LogP contribution in [-0.4, -0.2) is 19.9 Å². The molecule has 9 aromatic rings. The van der Waals surface area contributed by atoms with Crippen LogP contribution in [0.1, 0.15) is 57.1 Å². The molecular formula is C59H42N4. The summed E-state index contributed by atoms with van der Waals surface area (Å²) in [6.45, 7) is 4.19. The van der Waals surface area contributed by atoms with Crippen LogP contribution in [0.5, 0.6) is 0 Å². The maximum absolute atomic E-state index is 5.37. The lowest BCUT2D eigenvalue weighted by Gasteiger charge is -2.31. The van der Waals surface area contributed by atoms with E-state index in [-0.39, 0.29) is 5.92 Å². The average Bonchev–Trinajstić information content (AvgIpc) is 3.82. The molecule has 4 heteroatoms. The SMILES string of the molecule is Cc1ccc(C2C=CC(c3cc(-c4nc(-c5ccccc5)nc(-c5ccc(-c6ccccc6)cc5)n4)cc4c3-c3ccccc3C43c4ccccc4-c4ccccc43)=CC2)c(C)n1. The topological polar surface area (TPSA) is 51.6 Å². The number of allylic oxidation sites excluding steroid dienone is 4. The average molecular weight is 807 g/mol. The van der Waals surface area contributed by atoms with E-state index in [0.717, 1.165) is 40.1 Å². The fourth-order valence-electron chi connectivity index (χ4n) is 10.5. The van der Waals surface area contributed by atoms with E-state index >= 15 is 0 Å². The first-order valence-electron chi connectivity index (χ1n) is 21.8. The van der Waals surface area contributed by atoms with Gasteiger partial charge in [-0.3, -0.25) is 4.98 Å². The number of aryl methyl sites for hydroxylation is 2. The molecule has 0 saturated carbocycles. The predicted octanol–water partition coefficient (Wildman–Crippen LogP) is 14.0. The molecule has 3 aliphatic rings. The Balaban J connectivity index is 1.10. The molecule has 0 saturated heterocycles. The monoisotopic (exact) mass is 806 g/mol. The Morgan fingerprint density at radius 3 is 1.54 bits per heavy atom. The van der Waals surface area contributed by atoms with Crippen molar-refractivity contribution >= 4 is 5.57 Å². The summed E-state index contributed by atoms with van der Waals surface area (Å²) in [5, 5.41) is 0. The van der Waals surface area contributed by atoms with Crippen LogP contribution in [0.2, 0.25) is 0 Å². The van der Waals surface area contributed by atoms with Crippen LogP contribution in [0, 0.1) is 13.8 Å². The molecule has 63 heavy (non-hydrogen) atoms. The second-order valence-corrected chi connectivity index (χ2v) is 16.9. The molecule has 3 aliphatic carbocycles. The van der Waals surface area contributed by atoms with Gasteiger partial charge < -0.3 is 0 Å². The fraction of sp³-hybridized carbons (Fsp3) is 0.0847. The summed E-state index contributed by atoms with van der Waals surface area (Å²) in [6, 6.07) is 65.4. The third-order valence-electron chi connectivity index (χ3n) is 13.3. The van der Waals surface area contributed by atoms with Gasteiger partial charge in [0, 0.05) is 34.0 Å². The van der Waals surface area contributed by atoms with E-state index in [1.807, 2.05) is 24.3 Å². The normalized spacial score (nSPS) is 15.1. The van der Waals surface area contributed by atoms with E-state index in [1.165, 1.54) is 66.8 Å². The van der Waals surface area contributed by atoms with E-state index in [1.54, 1.807) is 0 Å². The number of pyridine rings is 1. The lowest BCUT2D eigenvalue weighted by atomic mass is 9.70. The van der Waals surface area contributed by atoms with Gasteiger partial charge in [0.2, 0.25) is 0 Å². The van der Waals surface area contributed by atoms with Gasteiger partial charge in [-0.25, -0.2) is 15.0 Å². The number of rotatable bonds is 6. The molecule has 7 aromatic carbocycles. The summed E-state index contributed by atoms with van der Waals surface area (Å²) in [4.78, 5) is 20.7. The van der Waals surface area contributed by atoms with Crippen molar-refractivity contribution in [2.75, 3.05) is 0 Å². The van der Waals surface area contributed by atoms with Crippen LogP contribution in [0.15, 0.2) is 200 Å². The second kappa shape index (κ2) is 14.7. The highest BCUT2D eigenvalue weighted by Gasteiger charge is 2.52. The van der Waals surface area contributed by atoms with Gasteiger partial charge in [0.15, 0.2) is 17.5 Å². The van der Waals surface area contributed by atoms with E-state index in [2.05, 4.69) is 190 Å². The van der Waals surface area contributed by atoms with Crippen molar-refractivity contribution in [2.24, 2.45) is 0 Å². The highest BCUT2D eigenvalue weighted by atomic mass is 15.0. The van der Waals surface area contributed by atoms with Crippen molar-refractivity contribution in [3.05, 3.63) is 245 Å². The van der Waals surface area contributed by atoms with Crippen LogP contribution in [0.3, 0.4) is 0 Å². The first-order valence-corrected chi connectivity index (χ1v) is 21.8. The van der Waals surface area contributed by atoms with Crippen molar-refractivity contribution in [3.63, 3.8) is 0 Å². The minimum absolute atomic E-state index is 0.248. The van der Waals surface area contributed by atoms with Crippen molar-refractivity contribution in [1.29, 1.82) is 0 Å². The van der Waals surface area contributed by atoms with Crippen molar-refractivity contribution in [1.82, 2.24) is 19.9 Å². The molecule has 1 spiro atoms. The standard InChI is InChI=1S/C59H42N4/c1-37-25-34-46(38(2)60-37)41-28-30-42(31-29-41)50-35-45(36-54-55(50)49-21-11-14-24-53(49)59(54)51-22-12-9-19-47(51)48-20-10-13-23-52(48)59)58-62-56(43-17-7-4-8-18-43)61-57(63-58)44-32-26-40(27-33-44)39-15-5-3-6-16-39/h3-28,30-36,41H,29H2,1-2H3. The maximum atomic E-state index is 5.37. The van der Waals surface area contributed by atoms with E-state index in [0.29, 0.717) is 17.5 Å². The first kappa shape index (κ1) is 37.0. The number of fused-ring (bicyclic) bond motifs is 10. The van der Waals surface area contributed by atoms with Crippen LogP contribution in [0.25, 0.3) is 73.1 Å². The largest absolute Gasteiger partial charge is 0.258 e. The third-order valence-corrected chi connectivity index (χ3v) is 13.3. The molecule has 1 unspecified atom stereocenters. The molecule has 0 N–H and O–H groups in total. The quantitative estimate of drug-likeness (QED) is 0.168. The van der Waals surface area contributed by atoms with Crippen molar-refractivity contribution in [2.45, 2.75) is 31.6 Å². The lowest BCUT2D eigenvalue weighted by molar-refractivity contribution is 0.793. The van der Waals surface area contributed by atoms with Gasteiger partial charge in [-0.05, 0) is 111 Å². The van der Waals surface area contributed by atoms with Gasteiger partial charge in [-0.15, -0.1) is 0 Å². The second-order valence-electron chi connectivity index (χ2n) is 16.9. The summed E-state index contributed by atoms with van der Waals surface area (Å²) in [6.07, 6.45) is 8.01. The third kappa shape index (κ3) is 5.90. The van der Waals surface area contributed by atoms with Crippen LogP contribution in [0.4, 0.5) is 0 Å². The fourth-order valence-corrected chi connectivity index (χ4v) is 10.5. The molecule has 0 aliphatic heterocycles. The number of hydrogen-bond donors (Lipinski definition) is 0. The Kier molecular flexibility index (Phi) is 8.62. The number of aromatic nitrogens is 4. The Morgan fingerprint density at radius 2 is 0.937 bits per heavy atom. The predicted molar refractivity (Wildman–Crippen MR) is 256 cm³/mol. The molecule has 0 fully saturated rings. The summed E-state index contributed by atoms with van der Waals surface area (Å²) in [5.41, 5.74) is 20.6. The van der Waals surface area contributed by atoms with Gasteiger partial charge in [0.05, 0.1) is 5.41 Å². The summed E-state index contributed by atoms with van der Waals surface area (Å²) < 4.78 is 0. The van der Waals surface area contributed by atoms with Crippen LogP contribution >= 0.6 is 0 Å². The minimum Gasteiger partial charge on any atom is -0.258 e. The zero-order valence-corrected chi connectivity index (χ0v) is 35.1. The van der Waals surface area contributed by atoms with Crippen molar-refractivity contribution < 1.29 is 0 Å². The maximum Gasteiger partial charge on any atom is 0.164 e. The van der Waals surface area contributed by atoms with Crippen LogP contribution in [-0.2, 0) is 5.41 Å². The smallest absolute Gasteiger partial charge is 0.164 e. The molecule has 4 nitrogen and oxygen atoms in total. The first-order chi connectivity index (χ1) is 31.0. The van der Waals surface area contributed by atoms with Gasteiger partial charge in [-0.1, -0.05) is 182 Å². The molecule has 2 heterocycles. The minimum atomic E-state index is -0.540. The molecule has 0 bridgehead atoms. The Bertz CT molecular complexity index is 3280. The van der Waals surface area contributed by atoms with Crippen molar-refractivity contribution in [3.8, 4) is 67.5 Å². The number of benzene rings is 7. The highest BCUT2D eigenvalue weighted by Crippen LogP contribution is 2.64. The van der Waals surface area contributed by atoms with Gasteiger partial charge in [-0.2, -0.15) is 0 Å². The lowest BCUT2D eigenvalue weighted by Crippen LogP contribution is -2.26. The van der Waals surface area contributed by atoms with E-state index < -0.39 is 5.41 Å². The summed E-state index contributed by atoms with van der Waals surface area (Å²) in [5.74, 6) is 2.16. The zero-order chi connectivity index (χ0) is 42.1. The summed E-state index contributed by atoms with van der Waals surface area (Å²) >= 11 is 0. The Morgan fingerprint density at radius 1 is 0.429 bits per heavy atom. The number of nitrogens with zero attached hydrogens (tertiary/aromatic N) is 4. The molecule has 298 valence electrons. The molecular weight excluding hydrogens is 765 g/mol. The Labute approximate surface area is 368 Å². The summed E-state index contributed by atoms with van der Waals surface area (Å²) in [7, 11) is 0. The van der Waals surface area contributed by atoms with Gasteiger partial charge >= 0.3 is 0 Å². The molecule has 1 atom stereocenters. The van der Waals surface area contributed by atoms with Crippen LogP contribution < -0.4 is 0 Å². The molecule has 2 aromatic heterocycles. The van der Waals surface area contributed by atoms with E-state index in [9.17, 15) is 0 Å². The van der Waals surface area contributed by atoms with E-state index in [4.69, 9.17) is 19.9 Å². The van der Waals surface area contributed by atoms with Gasteiger partial charge in [0.1, 0.15) is 0 Å². The molecule has 0 amide bonds. The highest BCUT2D eigenvalue weighted by molar-refractivity contribution is 6.01. The zero-order valence-electron chi connectivity index (χ0n) is 35.1. The molecule has 12 rings (SSSR count). The van der Waals surface area contributed by atoms with Gasteiger partial charge in [0.25, 0.3) is 0 Å². The Hall–Kier alpha value is -7.82.